The molecular weight excluding hydrogens is 208 g/mol. The number of hydrogen-bond donors (Lipinski definition) is 4. The molecule has 0 aromatic carbocycles. The van der Waals surface area contributed by atoms with Gasteiger partial charge in [-0.2, -0.15) is 5.10 Å². The zero-order valence-corrected chi connectivity index (χ0v) is 8.53. The first kappa shape index (κ1) is 10.2. The van der Waals surface area contributed by atoms with Crippen LogP contribution in [0.3, 0.4) is 0 Å². The number of nitrogens with one attached hydrogen (secondary N) is 3. The molecule has 0 aliphatic carbocycles. The quantitative estimate of drug-likeness (QED) is 0.566. The Morgan fingerprint density at radius 1 is 1.50 bits per heavy atom. The van der Waals surface area contributed by atoms with Crippen LogP contribution in [0.1, 0.15) is 16.2 Å². The fourth-order valence-electron chi connectivity index (χ4n) is 1.30. The first-order chi connectivity index (χ1) is 7.77. The lowest BCUT2D eigenvalue weighted by Crippen LogP contribution is -2.26. The predicted octanol–water partition coefficient (Wildman–Crippen LogP) is -0.312. The van der Waals surface area contributed by atoms with E-state index in [9.17, 15) is 4.79 Å². The van der Waals surface area contributed by atoms with Gasteiger partial charge in [0.1, 0.15) is 5.69 Å². The van der Waals surface area contributed by atoms with Crippen molar-refractivity contribution in [2.24, 2.45) is 0 Å². The number of nitrogen functional groups attached to an aromatic ring is 1. The number of imidazole rings is 1. The standard InChI is InChI=1S/C9H12N6O/c10-7-4-14-15-8(7)9(16)12-2-1-6-3-11-5-13-6/h3-5H,1-2,10H2,(H,11,13)(H,12,16)(H,14,15). The zero-order chi connectivity index (χ0) is 11.4. The van der Waals surface area contributed by atoms with Crippen LogP contribution < -0.4 is 11.1 Å². The predicted molar refractivity (Wildman–Crippen MR) is 57.6 cm³/mol. The highest BCUT2D eigenvalue weighted by molar-refractivity contribution is 5.96. The van der Waals surface area contributed by atoms with Gasteiger partial charge in [0.15, 0.2) is 0 Å². The molecule has 0 unspecified atom stereocenters. The minimum atomic E-state index is -0.255. The summed E-state index contributed by atoms with van der Waals surface area (Å²) in [5.74, 6) is -0.255. The molecular formula is C9H12N6O. The van der Waals surface area contributed by atoms with Crippen molar-refractivity contribution in [1.29, 1.82) is 0 Å². The van der Waals surface area contributed by atoms with Crippen LogP contribution in [0.15, 0.2) is 18.7 Å². The molecule has 0 saturated heterocycles. The van der Waals surface area contributed by atoms with Crippen molar-refractivity contribution in [3.8, 4) is 0 Å². The molecule has 0 aliphatic heterocycles. The summed E-state index contributed by atoms with van der Waals surface area (Å²) < 4.78 is 0. The van der Waals surface area contributed by atoms with Gasteiger partial charge in [-0.25, -0.2) is 4.98 Å². The van der Waals surface area contributed by atoms with Gasteiger partial charge in [-0.3, -0.25) is 9.89 Å². The summed E-state index contributed by atoms with van der Waals surface area (Å²) in [5, 5.41) is 8.94. The third-order valence-corrected chi connectivity index (χ3v) is 2.13. The molecule has 2 rings (SSSR count). The van der Waals surface area contributed by atoms with Crippen LogP contribution in [0.25, 0.3) is 0 Å². The lowest BCUT2D eigenvalue weighted by Gasteiger charge is -2.02. The Morgan fingerprint density at radius 3 is 3.00 bits per heavy atom. The first-order valence-corrected chi connectivity index (χ1v) is 4.81. The van der Waals surface area contributed by atoms with E-state index in [4.69, 9.17) is 5.73 Å². The van der Waals surface area contributed by atoms with Gasteiger partial charge >= 0.3 is 0 Å². The number of aromatic nitrogens is 4. The number of carbonyl (C=O) groups excluding carboxylic acids is 1. The van der Waals surface area contributed by atoms with Gasteiger partial charge < -0.3 is 16.0 Å². The van der Waals surface area contributed by atoms with Crippen molar-refractivity contribution in [3.63, 3.8) is 0 Å². The molecule has 7 nitrogen and oxygen atoms in total. The number of nitrogens with zero attached hydrogens (tertiary/aromatic N) is 2. The van der Waals surface area contributed by atoms with Crippen LogP contribution in [0.4, 0.5) is 5.69 Å². The van der Waals surface area contributed by atoms with E-state index in [2.05, 4.69) is 25.5 Å². The topological polar surface area (TPSA) is 112 Å². The fraction of sp³-hybridized carbons (Fsp3) is 0.222. The normalized spacial score (nSPS) is 10.2. The maximum atomic E-state index is 11.6. The zero-order valence-electron chi connectivity index (χ0n) is 8.53. The second-order valence-corrected chi connectivity index (χ2v) is 3.28. The third kappa shape index (κ3) is 2.19. The Hall–Kier alpha value is -2.31. The van der Waals surface area contributed by atoms with Crippen LogP contribution in [0, 0.1) is 0 Å². The molecule has 5 N–H and O–H groups in total. The summed E-state index contributed by atoms with van der Waals surface area (Å²) in [4.78, 5) is 18.4. The van der Waals surface area contributed by atoms with E-state index in [-0.39, 0.29) is 5.91 Å². The van der Waals surface area contributed by atoms with Gasteiger partial charge in [-0.15, -0.1) is 0 Å². The van der Waals surface area contributed by atoms with Gasteiger partial charge in [0.2, 0.25) is 0 Å². The molecule has 2 aromatic rings. The van der Waals surface area contributed by atoms with Crippen molar-refractivity contribution in [1.82, 2.24) is 25.5 Å². The van der Waals surface area contributed by atoms with E-state index in [1.54, 1.807) is 12.5 Å². The van der Waals surface area contributed by atoms with E-state index in [0.29, 0.717) is 24.3 Å². The number of H-pyrrole nitrogens is 2. The van der Waals surface area contributed by atoms with Crippen LogP contribution in [0.2, 0.25) is 0 Å². The summed E-state index contributed by atoms with van der Waals surface area (Å²) in [6.45, 7) is 0.513. The number of hydrogen-bond acceptors (Lipinski definition) is 4. The molecule has 7 heteroatoms. The van der Waals surface area contributed by atoms with E-state index in [0.717, 1.165) is 5.69 Å². The van der Waals surface area contributed by atoms with Crippen molar-refractivity contribution in [2.45, 2.75) is 6.42 Å². The highest BCUT2D eigenvalue weighted by Crippen LogP contribution is 2.04. The minimum absolute atomic E-state index is 0.255. The van der Waals surface area contributed by atoms with Crippen molar-refractivity contribution in [2.75, 3.05) is 12.3 Å². The lowest BCUT2D eigenvalue weighted by molar-refractivity contribution is 0.0950. The number of aromatic amines is 2. The molecule has 2 aromatic heterocycles. The summed E-state index contributed by atoms with van der Waals surface area (Å²) in [6, 6.07) is 0. The van der Waals surface area contributed by atoms with Gasteiger partial charge in [0, 0.05) is 24.9 Å². The molecule has 0 fully saturated rings. The van der Waals surface area contributed by atoms with Gasteiger partial charge in [0.25, 0.3) is 5.91 Å². The first-order valence-electron chi connectivity index (χ1n) is 4.81. The molecule has 0 saturated carbocycles. The van der Waals surface area contributed by atoms with Crippen molar-refractivity contribution < 1.29 is 4.79 Å². The molecule has 2 heterocycles. The molecule has 0 bridgehead atoms. The minimum Gasteiger partial charge on any atom is -0.396 e. The summed E-state index contributed by atoms with van der Waals surface area (Å²) in [6.07, 6.45) is 5.42. The number of carbonyl (C=O) groups is 1. The Balaban J connectivity index is 1.83. The molecule has 1 amide bonds. The summed E-state index contributed by atoms with van der Waals surface area (Å²) in [7, 11) is 0. The molecule has 0 radical (unpaired) electrons. The second-order valence-electron chi connectivity index (χ2n) is 3.28. The fourth-order valence-corrected chi connectivity index (χ4v) is 1.30. The monoisotopic (exact) mass is 220 g/mol. The van der Waals surface area contributed by atoms with Crippen LogP contribution in [0.5, 0.6) is 0 Å². The lowest BCUT2D eigenvalue weighted by atomic mass is 10.3. The maximum absolute atomic E-state index is 11.6. The Labute approximate surface area is 91.5 Å². The van der Waals surface area contributed by atoms with Gasteiger partial charge in [0.05, 0.1) is 18.2 Å². The highest BCUT2D eigenvalue weighted by atomic mass is 16.1. The third-order valence-electron chi connectivity index (χ3n) is 2.13. The average Bonchev–Trinajstić information content (AvgIpc) is 2.88. The smallest absolute Gasteiger partial charge is 0.271 e. The Bertz CT molecular complexity index is 460. The van der Waals surface area contributed by atoms with Crippen molar-refractivity contribution >= 4 is 11.6 Å². The molecule has 0 spiro atoms. The maximum Gasteiger partial charge on any atom is 0.271 e. The molecule has 0 atom stereocenters. The van der Waals surface area contributed by atoms with Crippen molar-refractivity contribution in [3.05, 3.63) is 30.1 Å². The summed E-state index contributed by atoms with van der Waals surface area (Å²) in [5.41, 5.74) is 7.15. The van der Waals surface area contributed by atoms with Crippen LogP contribution in [-0.2, 0) is 6.42 Å². The second kappa shape index (κ2) is 4.47. The molecule has 16 heavy (non-hydrogen) atoms. The Kier molecular flexibility index (Phi) is 2.86. The van der Waals surface area contributed by atoms with Gasteiger partial charge in [-0.1, -0.05) is 0 Å². The number of amides is 1. The van der Waals surface area contributed by atoms with E-state index < -0.39 is 0 Å². The van der Waals surface area contributed by atoms with E-state index in [1.807, 2.05) is 0 Å². The van der Waals surface area contributed by atoms with E-state index in [1.165, 1.54) is 6.20 Å². The largest absolute Gasteiger partial charge is 0.396 e. The molecule has 84 valence electrons. The highest BCUT2D eigenvalue weighted by Gasteiger charge is 2.10. The van der Waals surface area contributed by atoms with Crippen LogP contribution >= 0.6 is 0 Å². The number of anilines is 1. The van der Waals surface area contributed by atoms with Gasteiger partial charge in [-0.05, 0) is 0 Å². The number of rotatable bonds is 4. The SMILES string of the molecule is Nc1cn[nH]c1C(=O)NCCc1cnc[nH]1. The molecule has 0 aliphatic rings. The van der Waals surface area contributed by atoms with Crippen LogP contribution in [-0.4, -0.2) is 32.6 Å². The Morgan fingerprint density at radius 2 is 2.38 bits per heavy atom. The summed E-state index contributed by atoms with van der Waals surface area (Å²) >= 11 is 0. The average molecular weight is 220 g/mol. The van der Waals surface area contributed by atoms with E-state index >= 15 is 0 Å². The number of nitrogens with two attached hydrogens (primary N) is 1.